The number of imidazole rings is 1. The lowest BCUT2D eigenvalue weighted by Crippen LogP contribution is -2.36. The zero-order valence-electron chi connectivity index (χ0n) is 10.5. The normalized spacial score (nSPS) is 18.9. The molecule has 0 amide bonds. The number of rotatable bonds is 2. The van der Waals surface area contributed by atoms with E-state index >= 15 is 0 Å². The number of hydrogen-bond donors (Lipinski definition) is 0. The van der Waals surface area contributed by atoms with Gasteiger partial charge >= 0.3 is 0 Å². The van der Waals surface area contributed by atoms with Crippen LogP contribution in [-0.4, -0.2) is 41.7 Å². The van der Waals surface area contributed by atoms with Crippen LogP contribution in [0.3, 0.4) is 0 Å². The first-order chi connectivity index (χ1) is 8.20. The predicted molar refractivity (Wildman–Crippen MR) is 67.5 cm³/mol. The van der Waals surface area contributed by atoms with Crippen molar-refractivity contribution in [1.82, 2.24) is 14.5 Å². The van der Waals surface area contributed by atoms with Crippen LogP contribution in [0.2, 0.25) is 0 Å². The van der Waals surface area contributed by atoms with E-state index in [1.54, 1.807) is 7.11 Å². The number of nitrogens with zero attached hydrogens (tertiary/aromatic N) is 3. The second kappa shape index (κ2) is 3.74. The number of aromatic nitrogens is 2. The SMILES string of the molecule is COc1ccc2ncn3c2c1CC(N(C)C)C3. The van der Waals surface area contributed by atoms with E-state index in [4.69, 9.17) is 4.74 Å². The maximum atomic E-state index is 5.47. The number of hydrogen-bond acceptors (Lipinski definition) is 3. The van der Waals surface area contributed by atoms with Gasteiger partial charge in [0.05, 0.1) is 24.5 Å². The van der Waals surface area contributed by atoms with Gasteiger partial charge < -0.3 is 14.2 Å². The minimum Gasteiger partial charge on any atom is -0.496 e. The summed E-state index contributed by atoms with van der Waals surface area (Å²) in [5, 5.41) is 0. The second-order valence-corrected chi connectivity index (χ2v) is 4.83. The van der Waals surface area contributed by atoms with Gasteiger partial charge in [0.1, 0.15) is 5.75 Å². The molecule has 4 nitrogen and oxygen atoms in total. The maximum absolute atomic E-state index is 5.47. The van der Waals surface area contributed by atoms with E-state index < -0.39 is 0 Å². The van der Waals surface area contributed by atoms with Crippen LogP contribution in [0, 0.1) is 0 Å². The van der Waals surface area contributed by atoms with Gasteiger partial charge in [-0.15, -0.1) is 0 Å². The standard InChI is InChI=1S/C13H17N3O/c1-15(2)9-6-10-12(17-3)5-4-11-13(10)16(7-9)8-14-11/h4-5,8-9H,6-7H2,1-3H3. The third-order valence-corrected chi connectivity index (χ3v) is 3.64. The van der Waals surface area contributed by atoms with Crippen molar-refractivity contribution in [2.75, 3.05) is 21.2 Å². The molecule has 0 saturated carbocycles. The first kappa shape index (κ1) is 10.6. The van der Waals surface area contributed by atoms with E-state index in [1.165, 1.54) is 11.1 Å². The molecule has 0 radical (unpaired) electrons. The van der Waals surface area contributed by atoms with Crippen LogP contribution in [0.5, 0.6) is 5.75 Å². The molecule has 17 heavy (non-hydrogen) atoms. The highest BCUT2D eigenvalue weighted by molar-refractivity contribution is 5.82. The molecule has 3 rings (SSSR count). The summed E-state index contributed by atoms with van der Waals surface area (Å²) in [6, 6.07) is 4.56. The van der Waals surface area contributed by atoms with Crippen LogP contribution >= 0.6 is 0 Å². The molecule has 4 heteroatoms. The Bertz CT molecular complexity index is 559. The molecule has 0 aliphatic carbocycles. The van der Waals surface area contributed by atoms with Gasteiger partial charge in [0.25, 0.3) is 0 Å². The monoisotopic (exact) mass is 231 g/mol. The van der Waals surface area contributed by atoms with E-state index in [-0.39, 0.29) is 0 Å². The molecule has 2 heterocycles. The third kappa shape index (κ3) is 1.52. The average Bonchev–Trinajstić information content (AvgIpc) is 2.74. The Balaban J connectivity index is 2.20. The molecule has 0 spiro atoms. The molecule has 1 aromatic heterocycles. The molecule has 1 atom stereocenters. The molecule has 1 unspecified atom stereocenters. The van der Waals surface area contributed by atoms with Crippen molar-refractivity contribution >= 4 is 11.0 Å². The summed E-state index contributed by atoms with van der Waals surface area (Å²) in [5.74, 6) is 0.978. The summed E-state index contributed by atoms with van der Waals surface area (Å²) >= 11 is 0. The van der Waals surface area contributed by atoms with E-state index in [9.17, 15) is 0 Å². The Labute approximate surface area is 101 Å². The predicted octanol–water partition coefficient (Wildman–Crippen LogP) is 1.53. The van der Waals surface area contributed by atoms with Gasteiger partial charge in [-0.1, -0.05) is 0 Å². The number of methoxy groups -OCH3 is 1. The van der Waals surface area contributed by atoms with Gasteiger partial charge in [0.2, 0.25) is 0 Å². The van der Waals surface area contributed by atoms with Gasteiger partial charge in [0.15, 0.2) is 0 Å². The van der Waals surface area contributed by atoms with Crippen LogP contribution in [0.4, 0.5) is 0 Å². The Morgan fingerprint density at radius 3 is 2.94 bits per heavy atom. The lowest BCUT2D eigenvalue weighted by Gasteiger charge is -2.30. The average molecular weight is 231 g/mol. The van der Waals surface area contributed by atoms with Crippen molar-refractivity contribution in [3.63, 3.8) is 0 Å². The molecule has 0 saturated heterocycles. The fraction of sp³-hybridized carbons (Fsp3) is 0.462. The molecule has 0 N–H and O–H groups in total. The van der Waals surface area contributed by atoms with E-state index in [2.05, 4.69) is 28.5 Å². The molecule has 1 aromatic carbocycles. The Hall–Kier alpha value is -1.55. The lowest BCUT2D eigenvalue weighted by molar-refractivity contribution is 0.255. The van der Waals surface area contributed by atoms with E-state index in [1.807, 2.05) is 18.5 Å². The molecule has 1 aliphatic heterocycles. The summed E-state index contributed by atoms with van der Waals surface area (Å²) in [6.45, 7) is 1.00. The van der Waals surface area contributed by atoms with Gasteiger partial charge in [-0.05, 0) is 32.6 Å². The van der Waals surface area contributed by atoms with Crippen LogP contribution < -0.4 is 4.74 Å². The Morgan fingerprint density at radius 1 is 1.41 bits per heavy atom. The van der Waals surface area contributed by atoms with Crippen molar-refractivity contribution in [3.8, 4) is 5.75 Å². The second-order valence-electron chi connectivity index (χ2n) is 4.83. The fourth-order valence-electron chi connectivity index (χ4n) is 2.62. The van der Waals surface area contributed by atoms with E-state index in [0.717, 1.165) is 24.2 Å². The zero-order chi connectivity index (χ0) is 12.0. The topological polar surface area (TPSA) is 30.3 Å². The minimum atomic E-state index is 0.510. The fourth-order valence-corrected chi connectivity index (χ4v) is 2.62. The number of ether oxygens (including phenoxy) is 1. The van der Waals surface area contributed by atoms with Crippen molar-refractivity contribution in [2.24, 2.45) is 0 Å². The molecule has 0 bridgehead atoms. The van der Waals surface area contributed by atoms with Crippen LogP contribution in [0.25, 0.3) is 11.0 Å². The van der Waals surface area contributed by atoms with Gasteiger partial charge in [-0.25, -0.2) is 4.98 Å². The molecular weight excluding hydrogens is 214 g/mol. The Morgan fingerprint density at radius 2 is 2.24 bits per heavy atom. The molecule has 0 fully saturated rings. The summed E-state index contributed by atoms with van der Waals surface area (Å²) < 4.78 is 7.71. The summed E-state index contributed by atoms with van der Waals surface area (Å²) in [7, 11) is 5.98. The maximum Gasteiger partial charge on any atom is 0.124 e. The zero-order valence-corrected chi connectivity index (χ0v) is 10.5. The first-order valence-electron chi connectivity index (χ1n) is 5.88. The smallest absolute Gasteiger partial charge is 0.124 e. The summed E-state index contributed by atoms with van der Waals surface area (Å²) in [5.41, 5.74) is 3.59. The van der Waals surface area contributed by atoms with Crippen molar-refractivity contribution in [1.29, 1.82) is 0 Å². The molecule has 2 aromatic rings. The lowest BCUT2D eigenvalue weighted by atomic mass is 9.99. The van der Waals surface area contributed by atoms with Crippen molar-refractivity contribution < 1.29 is 4.74 Å². The van der Waals surface area contributed by atoms with Gasteiger partial charge in [-0.3, -0.25) is 0 Å². The first-order valence-corrected chi connectivity index (χ1v) is 5.88. The largest absolute Gasteiger partial charge is 0.496 e. The number of benzene rings is 1. The molecule has 1 aliphatic rings. The highest BCUT2D eigenvalue weighted by Gasteiger charge is 2.25. The number of likely N-dealkylation sites (N-methyl/N-ethyl adjacent to an activating group) is 1. The van der Waals surface area contributed by atoms with Gasteiger partial charge in [-0.2, -0.15) is 0 Å². The summed E-state index contributed by atoms with van der Waals surface area (Å²) in [6.07, 6.45) is 2.96. The highest BCUT2D eigenvalue weighted by Crippen LogP contribution is 2.32. The quantitative estimate of drug-likeness (QED) is 0.785. The third-order valence-electron chi connectivity index (χ3n) is 3.64. The van der Waals surface area contributed by atoms with Crippen LogP contribution in [0.15, 0.2) is 18.5 Å². The van der Waals surface area contributed by atoms with Crippen LogP contribution in [-0.2, 0) is 13.0 Å². The Kier molecular flexibility index (Phi) is 2.33. The van der Waals surface area contributed by atoms with Crippen molar-refractivity contribution in [3.05, 3.63) is 24.0 Å². The highest BCUT2D eigenvalue weighted by atomic mass is 16.5. The van der Waals surface area contributed by atoms with Gasteiger partial charge in [0, 0.05) is 18.2 Å². The summed E-state index contributed by atoms with van der Waals surface area (Å²) in [4.78, 5) is 6.71. The van der Waals surface area contributed by atoms with E-state index in [0.29, 0.717) is 6.04 Å². The molecule has 90 valence electrons. The van der Waals surface area contributed by atoms with Crippen LogP contribution in [0.1, 0.15) is 5.56 Å². The molecular formula is C13H17N3O. The minimum absolute atomic E-state index is 0.510. The van der Waals surface area contributed by atoms with Crippen molar-refractivity contribution in [2.45, 2.75) is 19.0 Å².